The molecule has 0 N–H and O–H groups in total. The zero-order valence-electron chi connectivity index (χ0n) is 6.51. The molecule has 1 fully saturated rings. The highest BCUT2D eigenvalue weighted by Crippen LogP contribution is 2.36. The maximum Gasteiger partial charge on any atom is -0.0162 e. The molecule has 1 aliphatic carbocycles. The normalized spacial score (nSPS) is 19.9. The quantitative estimate of drug-likeness (QED) is 0.520. The molecule has 1 saturated carbocycles. The van der Waals surface area contributed by atoms with Crippen LogP contribution in [-0.4, -0.2) is 0 Å². The highest BCUT2D eigenvalue weighted by Gasteiger charge is 2.23. The summed E-state index contributed by atoms with van der Waals surface area (Å²) in [6.45, 7) is 5.80. The average molecular weight is 134 g/mol. The summed E-state index contributed by atoms with van der Waals surface area (Å²) in [6, 6.07) is 0. The van der Waals surface area contributed by atoms with E-state index in [9.17, 15) is 0 Å². The maximum absolute atomic E-state index is 3.77. The summed E-state index contributed by atoms with van der Waals surface area (Å²) >= 11 is 0. The van der Waals surface area contributed by atoms with Gasteiger partial charge in [-0.2, -0.15) is 0 Å². The van der Waals surface area contributed by atoms with Gasteiger partial charge in [-0.05, 0) is 31.3 Å². The van der Waals surface area contributed by atoms with E-state index in [1.54, 1.807) is 0 Å². The summed E-state index contributed by atoms with van der Waals surface area (Å²) in [5.74, 6) is 0.827. The third kappa shape index (κ3) is 1.87. The molecule has 1 aliphatic rings. The Bertz CT molecular complexity index is 168. The fraction of sp³-hybridized carbons (Fsp3) is 0.400. The molecule has 0 saturated heterocycles. The molecule has 0 aromatic rings. The smallest absolute Gasteiger partial charge is 0.0162 e. The van der Waals surface area contributed by atoms with Crippen LogP contribution in [0.4, 0.5) is 0 Å². The number of rotatable bonds is 3. The third-order valence-electron chi connectivity index (χ3n) is 1.77. The Morgan fingerprint density at radius 3 is 2.60 bits per heavy atom. The molecule has 0 aliphatic heterocycles. The minimum absolute atomic E-state index is 0.827. The lowest BCUT2D eigenvalue weighted by Gasteiger charge is -1.92. The van der Waals surface area contributed by atoms with Gasteiger partial charge in [-0.15, -0.1) is 0 Å². The van der Waals surface area contributed by atoms with Gasteiger partial charge < -0.3 is 0 Å². The predicted octanol–water partition coefficient (Wildman–Crippen LogP) is 3.08. The Morgan fingerprint density at radius 1 is 1.50 bits per heavy atom. The van der Waals surface area contributed by atoms with Crippen LogP contribution in [0, 0.1) is 5.92 Å². The molecule has 0 heterocycles. The lowest BCUT2D eigenvalue weighted by Crippen LogP contribution is -1.76. The lowest BCUT2D eigenvalue weighted by atomic mass is 10.1. The van der Waals surface area contributed by atoms with Crippen molar-refractivity contribution < 1.29 is 0 Å². The maximum atomic E-state index is 3.77. The first-order valence-corrected chi connectivity index (χ1v) is 3.83. The highest BCUT2D eigenvalue weighted by atomic mass is 14.3. The zero-order valence-corrected chi connectivity index (χ0v) is 6.51. The van der Waals surface area contributed by atoms with E-state index in [4.69, 9.17) is 0 Å². The first-order chi connectivity index (χ1) is 4.88. The summed E-state index contributed by atoms with van der Waals surface area (Å²) in [4.78, 5) is 0. The van der Waals surface area contributed by atoms with Gasteiger partial charge in [0.15, 0.2) is 0 Å². The topological polar surface area (TPSA) is 0 Å². The standard InChI is InChI=1S/C10H14/c1-3-5-6-9(4-2)10-7-8-10/h3-6,10H,2,7-8H2,1H3. The minimum atomic E-state index is 0.827. The molecular weight excluding hydrogens is 120 g/mol. The summed E-state index contributed by atoms with van der Waals surface area (Å²) < 4.78 is 0. The Hall–Kier alpha value is -0.780. The predicted molar refractivity (Wildman–Crippen MR) is 45.8 cm³/mol. The van der Waals surface area contributed by atoms with E-state index >= 15 is 0 Å². The van der Waals surface area contributed by atoms with Crippen LogP contribution < -0.4 is 0 Å². The molecule has 0 aromatic carbocycles. The Balaban J connectivity index is 2.53. The fourth-order valence-corrected chi connectivity index (χ4v) is 0.995. The van der Waals surface area contributed by atoms with Crippen molar-refractivity contribution in [3.05, 3.63) is 36.5 Å². The molecule has 0 nitrogen and oxygen atoms in total. The van der Waals surface area contributed by atoms with Crippen LogP contribution in [0.25, 0.3) is 0 Å². The summed E-state index contributed by atoms with van der Waals surface area (Å²) in [6.07, 6.45) is 11.0. The molecule has 0 unspecified atom stereocenters. The van der Waals surface area contributed by atoms with Crippen molar-refractivity contribution in [3.8, 4) is 0 Å². The number of hydrogen-bond acceptors (Lipinski definition) is 0. The second-order valence-electron chi connectivity index (χ2n) is 2.67. The SMILES string of the molecule is C=CC(=CC=CC)C1CC1. The van der Waals surface area contributed by atoms with Gasteiger partial charge in [0, 0.05) is 0 Å². The number of hydrogen-bond donors (Lipinski definition) is 0. The van der Waals surface area contributed by atoms with Crippen LogP contribution in [0.3, 0.4) is 0 Å². The largest absolute Gasteiger partial charge is 0.0988 e. The highest BCUT2D eigenvalue weighted by molar-refractivity contribution is 5.27. The lowest BCUT2D eigenvalue weighted by molar-refractivity contribution is 1.05. The van der Waals surface area contributed by atoms with Gasteiger partial charge in [-0.3, -0.25) is 0 Å². The van der Waals surface area contributed by atoms with Gasteiger partial charge in [0.25, 0.3) is 0 Å². The molecule has 0 radical (unpaired) electrons. The van der Waals surface area contributed by atoms with Crippen molar-refractivity contribution in [2.75, 3.05) is 0 Å². The van der Waals surface area contributed by atoms with E-state index < -0.39 is 0 Å². The first-order valence-electron chi connectivity index (χ1n) is 3.83. The monoisotopic (exact) mass is 134 g/mol. The average Bonchev–Trinajstić information content (AvgIpc) is 2.73. The Labute approximate surface area is 62.9 Å². The molecule has 0 amide bonds. The summed E-state index contributed by atoms with van der Waals surface area (Å²) in [5.41, 5.74) is 1.40. The van der Waals surface area contributed by atoms with Crippen LogP contribution in [0.15, 0.2) is 36.5 Å². The van der Waals surface area contributed by atoms with E-state index in [-0.39, 0.29) is 0 Å². The van der Waals surface area contributed by atoms with Crippen molar-refractivity contribution in [2.45, 2.75) is 19.8 Å². The zero-order chi connectivity index (χ0) is 7.40. The van der Waals surface area contributed by atoms with E-state index in [0.717, 1.165) is 5.92 Å². The first kappa shape index (κ1) is 7.33. The van der Waals surface area contributed by atoms with Crippen molar-refractivity contribution in [1.29, 1.82) is 0 Å². The van der Waals surface area contributed by atoms with E-state index in [0.29, 0.717) is 0 Å². The van der Waals surface area contributed by atoms with Crippen LogP contribution in [0.5, 0.6) is 0 Å². The van der Waals surface area contributed by atoms with Crippen LogP contribution in [0.2, 0.25) is 0 Å². The van der Waals surface area contributed by atoms with E-state index in [2.05, 4.69) is 18.7 Å². The fourth-order valence-electron chi connectivity index (χ4n) is 0.995. The number of allylic oxidation sites excluding steroid dienone is 5. The van der Waals surface area contributed by atoms with Crippen LogP contribution in [0.1, 0.15) is 19.8 Å². The Morgan fingerprint density at radius 2 is 2.20 bits per heavy atom. The van der Waals surface area contributed by atoms with Gasteiger partial charge >= 0.3 is 0 Å². The molecule has 0 spiro atoms. The van der Waals surface area contributed by atoms with Gasteiger partial charge in [0.05, 0.1) is 0 Å². The van der Waals surface area contributed by atoms with Crippen molar-refractivity contribution in [2.24, 2.45) is 5.92 Å². The molecule has 10 heavy (non-hydrogen) atoms. The van der Waals surface area contributed by atoms with Gasteiger partial charge in [-0.25, -0.2) is 0 Å². The van der Waals surface area contributed by atoms with E-state index in [1.165, 1.54) is 18.4 Å². The van der Waals surface area contributed by atoms with Gasteiger partial charge in [-0.1, -0.05) is 30.9 Å². The second-order valence-corrected chi connectivity index (χ2v) is 2.67. The molecular formula is C10H14. The van der Waals surface area contributed by atoms with Crippen LogP contribution >= 0.6 is 0 Å². The molecule has 0 heteroatoms. The third-order valence-corrected chi connectivity index (χ3v) is 1.77. The Kier molecular flexibility index (Phi) is 2.49. The van der Waals surface area contributed by atoms with E-state index in [1.807, 2.05) is 19.1 Å². The molecule has 0 aromatic heterocycles. The van der Waals surface area contributed by atoms with Gasteiger partial charge in [0.1, 0.15) is 0 Å². The molecule has 0 atom stereocenters. The van der Waals surface area contributed by atoms with Gasteiger partial charge in [0.2, 0.25) is 0 Å². The second kappa shape index (κ2) is 3.40. The molecule has 0 bridgehead atoms. The summed E-state index contributed by atoms with van der Waals surface area (Å²) in [5, 5.41) is 0. The summed E-state index contributed by atoms with van der Waals surface area (Å²) in [7, 11) is 0. The molecule has 54 valence electrons. The van der Waals surface area contributed by atoms with Crippen molar-refractivity contribution >= 4 is 0 Å². The van der Waals surface area contributed by atoms with Crippen molar-refractivity contribution in [1.82, 2.24) is 0 Å². The molecule has 1 rings (SSSR count). The van der Waals surface area contributed by atoms with Crippen LogP contribution in [-0.2, 0) is 0 Å². The van der Waals surface area contributed by atoms with Crippen molar-refractivity contribution in [3.63, 3.8) is 0 Å². The minimum Gasteiger partial charge on any atom is -0.0988 e.